The van der Waals surface area contributed by atoms with E-state index in [4.69, 9.17) is 27.9 Å². The van der Waals surface area contributed by atoms with E-state index in [0.717, 1.165) is 4.88 Å². The highest BCUT2D eigenvalue weighted by atomic mass is 35.5. The summed E-state index contributed by atoms with van der Waals surface area (Å²) < 4.78 is 19.0. The van der Waals surface area contributed by atoms with Gasteiger partial charge in [0.2, 0.25) is 5.88 Å². The van der Waals surface area contributed by atoms with Crippen LogP contribution in [0.4, 0.5) is 4.39 Å². The molecule has 0 bridgehead atoms. The first-order valence-corrected chi connectivity index (χ1v) is 8.70. The first-order valence-electron chi connectivity index (χ1n) is 7.13. The van der Waals surface area contributed by atoms with Gasteiger partial charge in [0, 0.05) is 11.1 Å². The smallest absolute Gasteiger partial charge is 0.257 e. The summed E-state index contributed by atoms with van der Waals surface area (Å²) in [6.45, 7) is 0.279. The lowest BCUT2D eigenvalue weighted by Crippen LogP contribution is -2.23. The van der Waals surface area contributed by atoms with Crippen molar-refractivity contribution in [3.8, 4) is 11.6 Å². The number of nitrogens with zero attached hydrogens (tertiary/aromatic N) is 1. The number of nitrogens with one attached hydrogen (secondary N) is 1. The second kappa shape index (κ2) is 7.82. The molecule has 3 aromatic rings. The third kappa shape index (κ3) is 4.48. The summed E-state index contributed by atoms with van der Waals surface area (Å²) in [6.07, 6.45) is 1.51. The van der Waals surface area contributed by atoms with Crippen LogP contribution in [0.1, 0.15) is 15.2 Å². The van der Waals surface area contributed by atoms with Crippen LogP contribution in [-0.4, -0.2) is 10.9 Å². The predicted octanol–water partition coefficient (Wildman–Crippen LogP) is 5.31. The molecule has 2 aromatic heterocycles. The zero-order valence-corrected chi connectivity index (χ0v) is 15.0. The maximum atomic E-state index is 13.0. The number of benzene rings is 1. The van der Waals surface area contributed by atoms with E-state index in [-0.39, 0.29) is 29.7 Å². The van der Waals surface area contributed by atoms with Gasteiger partial charge in [0.15, 0.2) is 0 Å². The number of rotatable bonds is 5. The van der Waals surface area contributed by atoms with Crippen molar-refractivity contribution in [2.75, 3.05) is 0 Å². The first kappa shape index (κ1) is 17.7. The molecule has 0 spiro atoms. The molecule has 0 saturated heterocycles. The normalized spacial score (nSPS) is 10.5. The van der Waals surface area contributed by atoms with Gasteiger partial charge in [-0.3, -0.25) is 4.79 Å². The molecule has 2 heterocycles. The van der Waals surface area contributed by atoms with Gasteiger partial charge in [0.1, 0.15) is 21.5 Å². The quantitative estimate of drug-likeness (QED) is 0.635. The highest BCUT2D eigenvalue weighted by Gasteiger charge is 2.15. The number of thiophene rings is 1. The van der Waals surface area contributed by atoms with Crippen molar-refractivity contribution in [2.24, 2.45) is 0 Å². The highest BCUT2D eigenvalue weighted by Crippen LogP contribution is 2.31. The molecule has 4 nitrogen and oxygen atoms in total. The molecular formula is C17H11Cl2FN2O2S. The molecule has 0 aliphatic heterocycles. The zero-order chi connectivity index (χ0) is 17.8. The van der Waals surface area contributed by atoms with Crippen LogP contribution >= 0.6 is 34.5 Å². The Morgan fingerprint density at radius 1 is 1.24 bits per heavy atom. The van der Waals surface area contributed by atoms with Gasteiger partial charge in [-0.15, -0.1) is 11.3 Å². The minimum Gasteiger partial charge on any atom is -0.438 e. The van der Waals surface area contributed by atoms with Crippen LogP contribution in [0.15, 0.2) is 48.7 Å². The van der Waals surface area contributed by atoms with Gasteiger partial charge in [0.25, 0.3) is 5.91 Å². The summed E-state index contributed by atoms with van der Waals surface area (Å²) >= 11 is 13.1. The summed E-state index contributed by atoms with van der Waals surface area (Å²) in [5, 5.41) is 3.22. The Morgan fingerprint density at radius 2 is 2.00 bits per heavy atom. The number of carbonyl (C=O) groups is 1. The molecule has 0 atom stereocenters. The summed E-state index contributed by atoms with van der Waals surface area (Å²) in [5.41, 5.74) is 0.264. The van der Waals surface area contributed by atoms with Gasteiger partial charge in [0.05, 0.1) is 11.6 Å². The summed E-state index contributed by atoms with van der Waals surface area (Å²) in [6, 6.07) is 10.4. The number of halogens is 3. The molecule has 3 rings (SSSR count). The zero-order valence-electron chi connectivity index (χ0n) is 12.6. The SMILES string of the molecule is O=C(NCc1cc(Cl)c(Cl)s1)c1cccnc1Oc1ccc(F)cc1. The Morgan fingerprint density at radius 3 is 2.68 bits per heavy atom. The minimum atomic E-state index is -0.375. The van der Waals surface area contributed by atoms with Crippen molar-refractivity contribution in [3.05, 3.63) is 74.3 Å². The van der Waals surface area contributed by atoms with Gasteiger partial charge >= 0.3 is 0 Å². The van der Waals surface area contributed by atoms with Gasteiger partial charge < -0.3 is 10.1 Å². The van der Waals surface area contributed by atoms with Gasteiger partial charge in [-0.25, -0.2) is 9.37 Å². The van der Waals surface area contributed by atoms with E-state index >= 15 is 0 Å². The Balaban J connectivity index is 1.72. The van der Waals surface area contributed by atoms with E-state index < -0.39 is 0 Å². The van der Waals surface area contributed by atoms with Crippen LogP contribution in [-0.2, 0) is 6.54 Å². The Kier molecular flexibility index (Phi) is 5.53. The molecule has 1 amide bonds. The molecule has 128 valence electrons. The molecule has 1 aromatic carbocycles. The number of ether oxygens (including phenoxy) is 1. The van der Waals surface area contributed by atoms with Crippen LogP contribution in [0.3, 0.4) is 0 Å². The molecule has 25 heavy (non-hydrogen) atoms. The lowest BCUT2D eigenvalue weighted by atomic mass is 10.2. The second-order valence-corrected chi connectivity index (χ2v) is 7.08. The number of pyridine rings is 1. The Hall–Kier alpha value is -2.15. The van der Waals surface area contributed by atoms with Crippen molar-refractivity contribution < 1.29 is 13.9 Å². The van der Waals surface area contributed by atoms with Gasteiger partial charge in [-0.2, -0.15) is 0 Å². The molecule has 0 saturated carbocycles. The van der Waals surface area contributed by atoms with Crippen molar-refractivity contribution in [3.63, 3.8) is 0 Å². The number of aromatic nitrogens is 1. The fourth-order valence-electron chi connectivity index (χ4n) is 2.00. The molecular weight excluding hydrogens is 386 g/mol. The molecule has 0 unspecified atom stereocenters. The van der Waals surface area contributed by atoms with E-state index in [1.54, 1.807) is 18.2 Å². The average Bonchev–Trinajstić information content (AvgIpc) is 2.93. The first-order chi connectivity index (χ1) is 12.0. The molecule has 1 N–H and O–H groups in total. The number of hydrogen-bond donors (Lipinski definition) is 1. The van der Waals surface area contributed by atoms with Crippen LogP contribution in [0, 0.1) is 5.82 Å². The van der Waals surface area contributed by atoms with E-state index in [2.05, 4.69) is 10.3 Å². The third-order valence-corrected chi connectivity index (χ3v) is 5.03. The van der Waals surface area contributed by atoms with Crippen molar-refractivity contribution >= 4 is 40.4 Å². The van der Waals surface area contributed by atoms with Crippen LogP contribution in [0.2, 0.25) is 9.36 Å². The Labute approximate surface area is 157 Å². The molecule has 0 aliphatic rings. The topological polar surface area (TPSA) is 51.2 Å². The molecule has 0 fully saturated rings. The monoisotopic (exact) mass is 396 g/mol. The van der Waals surface area contributed by atoms with Gasteiger partial charge in [-0.1, -0.05) is 23.2 Å². The van der Waals surface area contributed by atoms with Crippen molar-refractivity contribution in [1.82, 2.24) is 10.3 Å². The molecule has 0 aliphatic carbocycles. The molecule has 8 heteroatoms. The summed E-state index contributed by atoms with van der Waals surface area (Å²) in [7, 11) is 0. The summed E-state index contributed by atoms with van der Waals surface area (Å²) in [5.74, 6) is -0.217. The standard InChI is InChI=1S/C17H11Cl2FN2O2S/c18-14-8-12(25-15(14)19)9-22-16(23)13-2-1-7-21-17(13)24-11-5-3-10(20)4-6-11/h1-8H,9H2,(H,22,23). The number of carbonyl (C=O) groups excluding carboxylic acids is 1. The van der Waals surface area contributed by atoms with Crippen molar-refractivity contribution in [1.29, 1.82) is 0 Å². The van der Waals surface area contributed by atoms with E-state index in [1.807, 2.05) is 0 Å². The van der Waals surface area contributed by atoms with Crippen LogP contribution in [0.25, 0.3) is 0 Å². The second-order valence-electron chi connectivity index (χ2n) is 4.93. The van der Waals surface area contributed by atoms with Crippen LogP contribution < -0.4 is 10.1 Å². The summed E-state index contributed by atoms with van der Waals surface area (Å²) in [4.78, 5) is 17.3. The maximum absolute atomic E-state index is 13.0. The Bertz CT molecular complexity index is 880. The van der Waals surface area contributed by atoms with Crippen LogP contribution in [0.5, 0.6) is 11.6 Å². The average molecular weight is 397 g/mol. The van der Waals surface area contributed by atoms with E-state index in [9.17, 15) is 9.18 Å². The fraction of sp³-hybridized carbons (Fsp3) is 0.0588. The highest BCUT2D eigenvalue weighted by molar-refractivity contribution is 7.16. The fourth-order valence-corrected chi connectivity index (χ4v) is 3.37. The lowest BCUT2D eigenvalue weighted by Gasteiger charge is -2.10. The van der Waals surface area contributed by atoms with E-state index in [0.29, 0.717) is 15.1 Å². The number of hydrogen-bond acceptors (Lipinski definition) is 4. The lowest BCUT2D eigenvalue weighted by molar-refractivity contribution is 0.0948. The predicted molar refractivity (Wildman–Crippen MR) is 96.2 cm³/mol. The minimum absolute atomic E-state index is 0.133. The van der Waals surface area contributed by atoms with E-state index in [1.165, 1.54) is 41.8 Å². The number of amides is 1. The van der Waals surface area contributed by atoms with Gasteiger partial charge in [-0.05, 0) is 42.5 Å². The van der Waals surface area contributed by atoms with Crippen molar-refractivity contribution in [2.45, 2.75) is 6.54 Å². The molecule has 0 radical (unpaired) electrons. The maximum Gasteiger partial charge on any atom is 0.257 e. The third-order valence-electron chi connectivity index (χ3n) is 3.16. The largest absolute Gasteiger partial charge is 0.438 e.